The number of hydrogen-bond acceptors (Lipinski definition) is 1. The summed E-state index contributed by atoms with van der Waals surface area (Å²) in [7, 11) is 0. The van der Waals surface area contributed by atoms with Crippen molar-refractivity contribution in [2.45, 2.75) is 19.8 Å². The van der Waals surface area contributed by atoms with Gasteiger partial charge in [0.15, 0.2) is 5.78 Å². The number of ketones is 1. The summed E-state index contributed by atoms with van der Waals surface area (Å²) < 4.78 is 0. The Labute approximate surface area is 56.1 Å². The van der Waals surface area contributed by atoms with Gasteiger partial charge in [0.05, 0.1) is 0 Å². The summed E-state index contributed by atoms with van der Waals surface area (Å²) in [5.41, 5.74) is 0.690. The van der Waals surface area contributed by atoms with Gasteiger partial charge in [-0.05, 0) is 25.3 Å². The maximum Gasteiger partial charge on any atom is 0.155 e. The molecule has 0 aromatic carbocycles. The lowest BCUT2D eigenvalue weighted by Gasteiger charge is -1.94. The van der Waals surface area contributed by atoms with Crippen molar-refractivity contribution in [2.75, 3.05) is 0 Å². The molecular formula is C8H12O. The summed E-state index contributed by atoms with van der Waals surface area (Å²) in [5, 5.41) is 0. The SMILES string of the molecule is C=CCCC(=C)C(C)=O. The fourth-order valence-electron chi connectivity index (χ4n) is 0.452. The number of Topliss-reactive ketones (excluding diaryl/α,β-unsaturated/α-hetero) is 1. The largest absolute Gasteiger partial charge is 0.295 e. The lowest BCUT2D eigenvalue weighted by atomic mass is 10.1. The summed E-state index contributed by atoms with van der Waals surface area (Å²) >= 11 is 0. The van der Waals surface area contributed by atoms with Gasteiger partial charge in [-0.1, -0.05) is 12.7 Å². The number of allylic oxidation sites excluding steroid dienone is 2. The molecule has 0 aromatic heterocycles. The summed E-state index contributed by atoms with van der Waals surface area (Å²) in [4.78, 5) is 10.5. The molecule has 1 heteroatoms. The van der Waals surface area contributed by atoms with Gasteiger partial charge in [-0.15, -0.1) is 6.58 Å². The quantitative estimate of drug-likeness (QED) is 0.414. The summed E-state index contributed by atoms with van der Waals surface area (Å²) in [5.74, 6) is 0.0804. The minimum absolute atomic E-state index is 0.0804. The van der Waals surface area contributed by atoms with E-state index in [2.05, 4.69) is 13.2 Å². The van der Waals surface area contributed by atoms with E-state index in [-0.39, 0.29) is 5.78 Å². The zero-order chi connectivity index (χ0) is 7.28. The van der Waals surface area contributed by atoms with Gasteiger partial charge in [-0.2, -0.15) is 0 Å². The molecule has 0 spiro atoms. The van der Waals surface area contributed by atoms with Crippen LogP contribution < -0.4 is 0 Å². The van der Waals surface area contributed by atoms with Crippen molar-refractivity contribution in [1.29, 1.82) is 0 Å². The Morgan fingerprint density at radius 2 is 2.22 bits per heavy atom. The highest BCUT2D eigenvalue weighted by molar-refractivity contribution is 5.92. The predicted molar refractivity (Wildman–Crippen MR) is 39.3 cm³/mol. The molecule has 0 N–H and O–H groups in total. The molecule has 0 aliphatic carbocycles. The van der Waals surface area contributed by atoms with Crippen LogP contribution in [0.4, 0.5) is 0 Å². The van der Waals surface area contributed by atoms with Crippen molar-refractivity contribution in [3.05, 3.63) is 24.8 Å². The van der Waals surface area contributed by atoms with E-state index in [0.717, 1.165) is 12.8 Å². The fourth-order valence-corrected chi connectivity index (χ4v) is 0.452. The van der Waals surface area contributed by atoms with Crippen LogP contribution in [0, 0.1) is 0 Å². The van der Waals surface area contributed by atoms with Crippen molar-refractivity contribution < 1.29 is 4.79 Å². The Hall–Kier alpha value is -0.850. The highest BCUT2D eigenvalue weighted by atomic mass is 16.1. The Morgan fingerprint density at radius 3 is 2.56 bits per heavy atom. The van der Waals surface area contributed by atoms with Gasteiger partial charge in [-0.25, -0.2) is 0 Å². The van der Waals surface area contributed by atoms with Gasteiger partial charge in [0.2, 0.25) is 0 Å². The predicted octanol–water partition coefficient (Wildman–Crippen LogP) is 2.10. The molecule has 0 aliphatic rings. The van der Waals surface area contributed by atoms with Gasteiger partial charge in [0.1, 0.15) is 0 Å². The van der Waals surface area contributed by atoms with E-state index in [1.165, 1.54) is 6.92 Å². The second kappa shape index (κ2) is 4.07. The van der Waals surface area contributed by atoms with Crippen molar-refractivity contribution in [1.82, 2.24) is 0 Å². The maximum atomic E-state index is 10.5. The van der Waals surface area contributed by atoms with Crippen LogP contribution in [0.2, 0.25) is 0 Å². The molecule has 0 rings (SSSR count). The smallest absolute Gasteiger partial charge is 0.155 e. The molecule has 0 bridgehead atoms. The van der Waals surface area contributed by atoms with Crippen LogP contribution in [0.5, 0.6) is 0 Å². The first-order chi connectivity index (χ1) is 4.18. The van der Waals surface area contributed by atoms with E-state index in [1.807, 2.05) is 0 Å². The third kappa shape index (κ3) is 3.71. The zero-order valence-corrected chi connectivity index (χ0v) is 5.81. The average molecular weight is 124 g/mol. The molecular weight excluding hydrogens is 112 g/mol. The Morgan fingerprint density at radius 1 is 1.67 bits per heavy atom. The lowest BCUT2D eigenvalue weighted by Crippen LogP contribution is -1.92. The monoisotopic (exact) mass is 124 g/mol. The van der Waals surface area contributed by atoms with Gasteiger partial charge in [-0.3, -0.25) is 4.79 Å². The molecule has 0 aliphatic heterocycles. The van der Waals surface area contributed by atoms with E-state index in [4.69, 9.17) is 0 Å². The van der Waals surface area contributed by atoms with E-state index < -0.39 is 0 Å². The number of carbonyl (C=O) groups excluding carboxylic acids is 1. The van der Waals surface area contributed by atoms with E-state index in [1.54, 1.807) is 6.08 Å². The number of hydrogen-bond donors (Lipinski definition) is 0. The second-order valence-electron chi connectivity index (χ2n) is 1.99. The van der Waals surface area contributed by atoms with Crippen LogP contribution in [0.1, 0.15) is 19.8 Å². The van der Waals surface area contributed by atoms with Crippen molar-refractivity contribution in [2.24, 2.45) is 0 Å². The first-order valence-corrected chi connectivity index (χ1v) is 2.98. The number of rotatable bonds is 4. The Balaban J connectivity index is 3.51. The topological polar surface area (TPSA) is 17.1 Å². The van der Waals surface area contributed by atoms with Crippen LogP contribution in [-0.4, -0.2) is 5.78 Å². The average Bonchev–Trinajstić information content (AvgIpc) is 1.82. The summed E-state index contributed by atoms with van der Waals surface area (Å²) in [6.45, 7) is 8.67. The van der Waals surface area contributed by atoms with Gasteiger partial charge in [0, 0.05) is 0 Å². The molecule has 0 heterocycles. The molecule has 0 unspecified atom stereocenters. The zero-order valence-electron chi connectivity index (χ0n) is 5.81. The van der Waals surface area contributed by atoms with Gasteiger partial charge >= 0.3 is 0 Å². The van der Waals surface area contributed by atoms with Crippen LogP contribution in [-0.2, 0) is 4.79 Å². The molecule has 0 fully saturated rings. The van der Waals surface area contributed by atoms with Crippen LogP contribution in [0.25, 0.3) is 0 Å². The summed E-state index contributed by atoms with van der Waals surface area (Å²) in [6.07, 6.45) is 3.38. The maximum absolute atomic E-state index is 10.5. The van der Waals surface area contributed by atoms with E-state index >= 15 is 0 Å². The third-order valence-corrected chi connectivity index (χ3v) is 1.15. The first-order valence-electron chi connectivity index (χ1n) is 2.98. The van der Waals surface area contributed by atoms with Crippen molar-refractivity contribution in [3.8, 4) is 0 Å². The molecule has 9 heavy (non-hydrogen) atoms. The standard InChI is InChI=1S/C8H12O/c1-4-5-6-7(2)8(3)9/h4H,1-2,5-6H2,3H3. The highest BCUT2D eigenvalue weighted by Crippen LogP contribution is 2.02. The number of carbonyl (C=O) groups is 1. The van der Waals surface area contributed by atoms with Gasteiger partial charge < -0.3 is 0 Å². The Bertz CT molecular complexity index is 134. The molecule has 0 aromatic rings. The molecule has 1 nitrogen and oxygen atoms in total. The van der Waals surface area contributed by atoms with E-state index in [0.29, 0.717) is 5.57 Å². The third-order valence-electron chi connectivity index (χ3n) is 1.15. The molecule has 0 saturated heterocycles. The minimum Gasteiger partial charge on any atom is -0.295 e. The fraction of sp³-hybridized carbons (Fsp3) is 0.375. The molecule has 0 saturated carbocycles. The molecule has 50 valence electrons. The van der Waals surface area contributed by atoms with E-state index in [9.17, 15) is 4.79 Å². The first kappa shape index (κ1) is 8.15. The lowest BCUT2D eigenvalue weighted by molar-refractivity contribution is -0.113. The van der Waals surface area contributed by atoms with Crippen LogP contribution in [0.3, 0.4) is 0 Å². The molecule has 0 radical (unpaired) electrons. The Kier molecular flexibility index (Phi) is 3.69. The van der Waals surface area contributed by atoms with Crippen molar-refractivity contribution >= 4 is 5.78 Å². The summed E-state index contributed by atoms with van der Waals surface area (Å²) in [6, 6.07) is 0. The minimum atomic E-state index is 0.0804. The second-order valence-corrected chi connectivity index (χ2v) is 1.99. The van der Waals surface area contributed by atoms with Gasteiger partial charge in [0.25, 0.3) is 0 Å². The molecule has 0 atom stereocenters. The highest BCUT2D eigenvalue weighted by Gasteiger charge is 1.96. The normalized spacial score (nSPS) is 8.56. The molecule has 0 amide bonds. The van der Waals surface area contributed by atoms with Crippen LogP contribution in [0.15, 0.2) is 24.8 Å². The van der Waals surface area contributed by atoms with Crippen molar-refractivity contribution in [3.63, 3.8) is 0 Å². The van der Waals surface area contributed by atoms with Crippen LogP contribution >= 0.6 is 0 Å².